The predicted molar refractivity (Wildman–Crippen MR) is 77.0 cm³/mol. The molecule has 1 aromatic rings. The second-order valence-electron chi connectivity index (χ2n) is 4.21. The Labute approximate surface area is 113 Å². The summed E-state index contributed by atoms with van der Waals surface area (Å²) in [6.45, 7) is 3.93. The second-order valence-corrected chi connectivity index (χ2v) is 5.31. The van der Waals surface area contributed by atoms with Gasteiger partial charge in [0.2, 0.25) is 0 Å². The summed E-state index contributed by atoms with van der Waals surface area (Å²) in [6.07, 6.45) is 0.997. The number of hydrogen-bond donors (Lipinski definition) is 1. The number of rotatable bonds is 9. The lowest BCUT2D eigenvalue weighted by Crippen LogP contribution is -2.32. The minimum absolute atomic E-state index is 0.153. The molecule has 0 atom stereocenters. The molecule has 0 unspecified atom stereocenters. The maximum atomic E-state index is 10.7. The fraction of sp³-hybridized carbons (Fsp3) is 0.500. The zero-order chi connectivity index (χ0) is 13.2. The lowest BCUT2D eigenvalue weighted by Gasteiger charge is -2.18. The van der Waals surface area contributed by atoms with Crippen molar-refractivity contribution in [1.29, 1.82) is 0 Å². The summed E-state index contributed by atoms with van der Waals surface area (Å²) < 4.78 is 0. The smallest absolute Gasteiger partial charge is 0.317 e. The van der Waals surface area contributed by atoms with Crippen LogP contribution in [0.25, 0.3) is 0 Å². The van der Waals surface area contributed by atoms with Crippen LogP contribution in [0.5, 0.6) is 0 Å². The summed E-state index contributed by atoms with van der Waals surface area (Å²) >= 11 is 1.85. The molecule has 100 valence electrons. The Balaban J connectivity index is 2.20. The lowest BCUT2D eigenvalue weighted by molar-refractivity contribution is -0.138. The van der Waals surface area contributed by atoms with Gasteiger partial charge in [-0.1, -0.05) is 37.3 Å². The summed E-state index contributed by atoms with van der Waals surface area (Å²) in [4.78, 5) is 12.7. The molecule has 1 rings (SSSR count). The number of carboxylic acids is 1. The van der Waals surface area contributed by atoms with Crippen LogP contribution in [-0.2, 0) is 10.5 Å². The third-order valence-corrected chi connectivity index (χ3v) is 3.57. The van der Waals surface area contributed by atoms with Crippen LogP contribution >= 0.6 is 11.8 Å². The molecule has 0 heterocycles. The van der Waals surface area contributed by atoms with Gasteiger partial charge in [0.05, 0.1) is 6.54 Å². The standard InChI is InChI=1S/C14H21NO2S/c1-2-8-15(11-14(16)17)9-10-18-12-13-6-4-3-5-7-13/h3-7H,2,8-12H2,1H3,(H,16,17). The van der Waals surface area contributed by atoms with Gasteiger partial charge in [-0.05, 0) is 18.5 Å². The Morgan fingerprint density at radius 2 is 2.00 bits per heavy atom. The normalized spacial score (nSPS) is 10.8. The van der Waals surface area contributed by atoms with Crippen molar-refractivity contribution in [2.24, 2.45) is 0 Å². The monoisotopic (exact) mass is 267 g/mol. The van der Waals surface area contributed by atoms with E-state index in [1.807, 2.05) is 34.9 Å². The largest absolute Gasteiger partial charge is 0.480 e. The molecule has 18 heavy (non-hydrogen) atoms. The van der Waals surface area contributed by atoms with Crippen LogP contribution in [0.2, 0.25) is 0 Å². The Kier molecular flexibility index (Phi) is 7.53. The van der Waals surface area contributed by atoms with E-state index in [-0.39, 0.29) is 6.54 Å². The average Bonchev–Trinajstić information content (AvgIpc) is 2.35. The van der Waals surface area contributed by atoms with E-state index < -0.39 is 5.97 Å². The number of nitrogens with zero attached hydrogens (tertiary/aromatic N) is 1. The zero-order valence-electron chi connectivity index (χ0n) is 10.8. The quantitative estimate of drug-likeness (QED) is 0.698. The molecule has 0 aliphatic carbocycles. The summed E-state index contributed by atoms with van der Waals surface area (Å²) in [6, 6.07) is 10.3. The zero-order valence-corrected chi connectivity index (χ0v) is 11.7. The fourth-order valence-corrected chi connectivity index (χ4v) is 2.70. The second kappa shape index (κ2) is 9.00. The topological polar surface area (TPSA) is 40.5 Å². The maximum Gasteiger partial charge on any atom is 0.317 e. The number of aliphatic carboxylic acids is 1. The van der Waals surface area contributed by atoms with Gasteiger partial charge in [-0.3, -0.25) is 9.69 Å². The molecule has 3 nitrogen and oxygen atoms in total. The van der Waals surface area contributed by atoms with Gasteiger partial charge in [0.15, 0.2) is 0 Å². The molecule has 0 aliphatic heterocycles. The van der Waals surface area contributed by atoms with E-state index in [0.717, 1.165) is 31.0 Å². The minimum Gasteiger partial charge on any atom is -0.480 e. The number of carboxylic acid groups (broad SMARTS) is 1. The van der Waals surface area contributed by atoms with Gasteiger partial charge in [0.25, 0.3) is 0 Å². The van der Waals surface area contributed by atoms with Gasteiger partial charge in [-0.25, -0.2) is 0 Å². The number of hydrogen-bond acceptors (Lipinski definition) is 3. The van der Waals surface area contributed by atoms with Crippen LogP contribution in [0.3, 0.4) is 0 Å². The Morgan fingerprint density at radius 1 is 1.28 bits per heavy atom. The molecule has 0 bridgehead atoms. The van der Waals surface area contributed by atoms with Crippen molar-refractivity contribution in [3.8, 4) is 0 Å². The Morgan fingerprint density at radius 3 is 2.61 bits per heavy atom. The van der Waals surface area contributed by atoms with Gasteiger partial charge in [-0.2, -0.15) is 11.8 Å². The van der Waals surface area contributed by atoms with E-state index in [2.05, 4.69) is 19.1 Å². The third-order valence-electron chi connectivity index (χ3n) is 2.56. The Hall–Kier alpha value is -1.00. The SMILES string of the molecule is CCCN(CCSCc1ccccc1)CC(=O)O. The molecule has 0 radical (unpaired) electrons. The third kappa shape index (κ3) is 6.67. The van der Waals surface area contributed by atoms with Crippen LogP contribution < -0.4 is 0 Å². The minimum atomic E-state index is -0.739. The van der Waals surface area contributed by atoms with Crippen molar-refractivity contribution in [3.63, 3.8) is 0 Å². The van der Waals surface area contributed by atoms with Crippen molar-refractivity contribution in [2.45, 2.75) is 19.1 Å². The number of carbonyl (C=O) groups is 1. The number of benzene rings is 1. The molecule has 0 spiro atoms. The van der Waals surface area contributed by atoms with Crippen LogP contribution in [-0.4, -0.2) is 41.4 Å². The van der Waals surface area contributed by atoms with Crippen molar-refractivity contribution in [1.82, 2.24) is 4.90 Å². The molecule has 1 N–H and O–H groups in total. The molecule has 0 aliphatic rings. The van der Waals surface area contributed by atoms with Gasteiger partial charge in [0, 0.05) is 18.1 Å². The van der Waals surface area contributed by atoms with Crippen molar-refractivity contribution in [3.05, 3.63) is 35.9 Å². The average molecular weight is 267 g/mol. The highest BCUT2D eigenvalue weighted by molar-refractivity contribution is 7.98. The maximum absolute atomic E-state index is 10.7. The van der Waals surface area contributed by atoms with E-state index in [9.17, 15) is 4.79 Å². The molecule has 0 saturated carbocycles. The van der Waals surface area contributed by atoms with Crippen LogP contribution in [0.15, 0.2) is 30.3 Å². The summed E-state index contributed by atoms with van der Waals surface area (Å²) in [7, 11) is 0. The summed E-state index contributed by atoms with van der Waals surface area (Å²) in [5, 5.41) is 8.80. The van der Waals surface area contributed by atoms with Crippen molar-refractivity contribution >= 4 is 17.7 Å². The summed E-state index contributed by atoms with van der Waals surface area (Å²) in [5.74, 6) is 1.23. The summed E-state index contributed by atoms with van der Waals surface area (Å²) in [5.41, 5.74) is 1.32. The van der Waals surface area contributed by atoms with E-state index in [0.29, 0.717) is 0 Å². The van der Waals surface area contributed by atoms with E-state index in [1.54, 1.807) is 0 Å². The highest BCUT2D eigenvalue weighted by Gasteiger charge is 2.07. The van der Waals surface area contributed by atoms with E-state index in [1.165, 1.54) is 5.56 Å². The molecule has 0 fully saturated rings. The highest BCUT2D eigenvalue weighted by Crippen LogP contribution is 2.11. The van der Waals surface area contributed by atoms with Gasteiger partial charge in [0.1, 0.15) is 0 Å². The molecular formula is C14H21NO2S. The molecule has 1 aromatic carbocycles. The lowest BCUT2D eigenvalue weighted by atomic mass is 10.2. The van der Waals surface area contributed by atoms with E-state index in [4.69, 9.17) is 5.11 Å². The van der Waals surface area contributed by atoms with E-state index >= 15 is 0 Å². The fourth-order valence-electron chi connectivity index (χ4n) is 1.74. The highest BCUT2D eigenvalue weighted by atomic mass is 32.2. The molecule has 0 aromatic heterocycles. The first kappa shape index (κ1) is 15.1. The van der Waals surface area contributed by atoms with Gasteiger partial charge >= 0.3 is 5.97 Å². The first-order valence-corrected chi connectivity index (χ1v) is 7.43. The molecular weight excluding hydrogens is 246 g/mol. The van der Waals surface area contributed by atoms with Crippen molar-refractivity contribution in [2.75, 3.05) is 25.4 Å². The van der Waals surface area contributed by atoms with Crippen molar-refractivity contribution < 1.29 is 9.90 Å². The number of thioether (sulfide) groups is 1. The van der Waals surface area contributed by atoms with Crippen LogP contribution in [0, 0.1) is 0 Å². The first-order chi connectivity index (χ1) is 8.72. The molecule has 4 heteroatoms. The van der Waals surface area contributed by atoms with Gasteiger partial charge in [-0.15, -0.1) is 0 Å². The van der Waals surface area contributed by atoms with Gasteiger partial charge < -0.3 is 5.11 Å². The first-order valence-electron chi connectivity index (χ1n) is 6.28. The Bertz CT molecular complexity index is 343. The van der Waals surface area contributed by atoms with Crippen LogP contribution in [0.1, 0.15) is 18.9 Å². The molecule has 0 amide bonds. The molecule has 0 saturated heterocycles. The predicted octanol–water partition coefficient (Wildman–Crippen LogP) is 2.72. The van der Waals surface area contributed by atoms with Crippen LogP contribution in [0.4, 0.5) is 0 Å².